The van der Waals surface area contributed by atoms with Gasteiger partial charge in [0.25, 0.3) is 0 Å². The van der Waals surface area contributed by atoms with Crippen molar-refractivity contribution in [3.63, 3.8) is 0 Å². The molecular formula is C21H35NO3Si. The first-order valence-electron chi connectivity index (χ1n) is 9.31. The molecule has 0 aliphatic heterocycles. The third-order valence-electron chi connectivity index (χ3n) is 4.79. The number of benzene rings is 1. The Labute approximate surface area is 160 Å². The molecule has 0 fully saturated rings. The summed E-state index contributed by atoms with van der Waals surface area (Å²) in [5.74, 6) is 0. The number of rotatable bonds is 7. The third-order valence-corrected chi connectivity index (χ3v) is 9.99. The molecule has 1 atom stereocenters. The van der Waals surface area contributed by atoms with Gasteiger partial charge in [0.15, 0.2) is 0 Å². The predicted molar refractivity (Wildman–Crippen MR) is 111 cm³/mol. The molecule has 0 heterocycles. The Balaban J connectivity index is 2.95. The second-order valence-electron chi connectivity index (χ2n) is 8.20. The van der Waals surface area contributed by atoms with E-state index in [1.165, 1.54) is 11.4 Å². The Hall–Kier alpha value is -1.59. The van der Waals surface area contributed by atoms with Crippen molar-refractivity contribution in [3.8, 4) is 0 Å². The molecule has 0 saturated carbocycles. The highest BCUT2D eigenvalue weighted by atomic mass is 28.4. The molecule has 0 aromatic heterocycles. The van der Waals surface area contributed by atoms with Crippen molar-refractivity contribution < 1.29 is 14.0 Å². The van der Waals surface area contributed by atoms with Crippen LogP contribution in [0.1, 0.15) is 48.5 Å². The molecule has 26 heavy (non-hydrogen) atoms. The maximum absolute atomic E-state index is 12.3. The Bertz CT molecular complexity index is 585. The van der Waals surface area contributed by atoms with Crippen LogP contribution in [0.25, 0.3) is 0 Å². The molecule has 146 valence electrons. The van der Waals surface area contributed by atoms with Crippen LogP contribution in [0.15, 0.2) is 42.7 Å². The predicted octanol–water partition coefficient (Wildman–Crippen LogP) is 5.05. The van der Waals surface area contributed by atoms with E-state index in [4.69, 9.17) is 9.16 Å². The Kier molecular flexibility index (Phi) is 8.09. The van der Waals surface area contributed by atoms with Crippen LogP contribution in [0.4, 0.5) is 4.79 Å². The first-order valence-corrected chi connectivity index (χ1v) is 11.4. The van der Waals surface area contributed by atoms with Crippen molar-refractivity contribution in [3.05, 3.63) is 42.7 Å². The molecule has 1 amide bonds. The van der Waals surface area contributed by atoms with Gasteiger partial charge in [-0.1, -0.05) is 51.1 Å². The summed E-state index contributed by atoms with van der Waals surface area (Å²) in [6, 6.07) is 11.3. The van der Waals surface area contributed by atoms with Gasteiger partial charge >= 0.3 is 6.09 Å². The van der Waals surface area contributed by atoms with Gasteiger partial charge in [-0.3, -0.25) is 0 Å². The van der Waals surface area contributed by atoms with Crippen molar-refractivity contribution in [2.45, 2.75) is 71.6 Å². The molecule has 1 unspecified atom stereocenters. The van der Waals surface area contributed by atoms with Gasteiger partial charge in [-0.15, -0.1) is 0 Å². The van der Waals surface area contributed by atoms with Crippen LogP contribution in [0.2, 0.25) is 11.1 Å². The van der Waals surface area contributed by atoms with Crippen molar-refractivity contribution in [1.82, 2.24) is 4.90 Å². The number of ether oxygens (including phenoxy) is 1. The monoisotopic (exact) mass is 377 g/mol. The van der Waals surface area contributed by atoms with Crippen LogP contribution >= 0.6 is 0 Å². The maximum Gasteiger partial charge on any atom is 0.415 e. The molecule has 0 aliphatic rings. The molecule has 0 radical (unpaired) electrons. The largest absolute Gasteiger partial charge is 0.419 e. The zero-order valence-corrected chi connectivity index (χ0v) is 18.6. The molecule has 5 heteroatoms. The van der Waals surface area contributed by atoms with Crippen molar-refractivity contribution >= 4 is 19.6 Å². The lowest BCUT2D eigenvalue weighted by Gasteiger charge is -2.41. The fourth-order valence-electron chi connectivity index (χ4n) is 3.47. The van der Waals surface area contributed by atoms with Crippen molar-refractivity contribution in [2.75, 3.05) is 7.11 Å². The van der Waals surface area contributed by atoms with Crippen LogP contribution in [0, 0.1) is 0 Å². The number of hydrogen-bond acceptors (Lipinski definition) is 3. The van der Waals surface area contributed by atoms with Crippen LogP contribution in [-0.2, 0) is 9.16 Å². The van der Waals surface area contributed by atoms with E-state index in [1.54, 1.807) is 12.0 Å². The summed E-state index contributed by atoms with van der Waals surface area (Å²) in [5.41, 5.74) is 0. The lowest BCUT2D eigenvalue weighted by atomic mass is 10.2. The maximum atomic E-state index is 12.3. The molecule has 0 aliphatic carbocycles. The normalized spacial score (nSPS) is 14.7. The summed E-state index contributed by atoms with van der Waals surface area (Å²) in [5, 5.41) is 1.25. The first-order chi connectivity index (χ1) is 12.1. The summed E-state index contributed by atoms with van der Waals surface area (Å²) >= 11 is 0. The van der Waals surface area contributed by atoms with Gasteiger partial charge in [0.2, 0.25) is 8.32 Å². The highest BCUT2D eigenvalue weighted by molar-refractivity contribution is 6.89. The van der Waals surface area contributed by atoms with E-state index < -0.39 is 8.32 Å². The molecule has 4 nitrogen and oxygen atoms in total. The minimum atomic E-state index is -2.28. The number of carbonyl (C=O) groups excluding carboxylic acids is 1. The molecular weight excluding hydrogens is 342 g/mol. The zero-order valence-electron chi connectivity index (χ0n) is 17.6. The van der Waals surface area contributed by atoms with Gasteiger partial charge in [-0.05, 0) is 50.0 Å². The smallest absolute Gasteiger partial charge is 0.415 e. The zero-order chi connectivity index (χ0) is 20.0. The number of amides is 1. The molecule has 0 N–H and O–H groups in total. The molecule has 0 saturated heterocycles. The second kappa shape index (κ2) is 9.37. The second-order valence-corrected chi connectivity index (χ2v) is 12.7. The quantitative estimate of drug-likeness (QED) is 0.493. The Morgan fingerprint density at radius 1 is 1.12 bits per heavy atom. The average Bonchev–Trinajstić information content (AvgIpc) is 2.54. The number of allylic oxidation sites excluding steroid dienone is 1. The van der Waals surface area contributed by atoms with Crippen molar-refractivity contribution in [1.29, 1.82) is 0 Å². The number of hydrogen-bond donors (Lipinski definition) is 0. The molecule has 1 aromatic rings. The van der Waals surface area contributed by atoms with Gasteiger partial charge in [0.1, 0.15) is 0 Å². The lowest BCUT2D eigenvalue weighted by Crippen LogP contribution is -2.56. The van der Waals surface area contributed by atoms with E-state index >= 15 is 0 Å². The van der Waals surface area contributed by atoms with Gasteiger partial charge in [0, 0.05) is 19.2 Å². The van der Waals surface area contributed by atoms with Gasteiger partial charge in [-0.2, -0.15) is 0 Å². The molecule has 0 bridgehead atoms. The summed E-state index contributed by atoms with van der Waals surface area (Å²) in [7, 11) is -0.486. The SMILES string of the molecule is CO[Si](C/C=C\OC(=O)N(C(C)C)C(C)C)(c1ccccc1)C(C)(C)C. The van der Waals surface area contributed by atoms with Crippen LogP contribution in [-0.4, -0.2) is 38.5 Å². The summed E-state index contributed by atoms with van der Waals surface area (Å²) in [6.07, 6.45) is 3.15. The highest BCUT2D eigenvalue weighted by Gasteiger charge is 2.46. The average molecular weight is 378 g/mol. The topological polar surface area (TPSA) is 38.8 Å². The van der Waals surface area contributed by atoms with E-state index in [9.17, 15) is 4.79 Å². The van der Waals surface area contributed by atoms with E-state index in [2.05, 4.69) is 45.0 Å². The van der Waals surface area contributed by atoms with E-state index in [0.29, 0.717) is 0 Å². The lowest BCUT2D eigenvalue weighted by molar-refractivity contribution is 0.109. The minimum Gasteiger partial charge on any atom is -0.419 e. The summed E-state index contributed by atoms with van der Waals surface area (Å²) in [4.78, 5) is 14.0. The van der Waals surface area contributed by atoms with Crippen LogP contribution in [0.3, 0.4) is 0 Å². The van der Waals surface area contributed by atoms with E-state index in [0.717, 1.165) is 6.04 Å². The summed E-state index contributed by atoms with van der Waals surface area (Å²) in [6.45, 7) is 14.6. The fourth-order valence-corrected chi connectivity index (χ4v) is 7.36. The highest BCUT2D eigenvalue weighted by Crippen LogP contribution is 2.39. The third kappa shape index (κ3) is 5.21. The fraction of sp³-hybridized carbons (Fsp3) is 0.571. The molecule has 1 aromatic carbocycles. The standard InChI is InChI=1S/C21H35NO3Si/c1-17(2)22(18(3)4)20(23)25-15-12-16-26(24-8,21(5,6)7)19-13-10-9-11-14-19/h9-15,17-18H,16H2,1-8H3/b15-12-. The van der Waals surface area contributed by atoms with Gasteiger partial charge in [0.05, 0.1) is 6.26 Å². The summed E-state index contributed by atoms with van der Waals surface area (Å²) < 4.78 is 11.5. The number of carbonyl (C=O) groups is 1. The Morgan fingerprint density at radius 3 is 2.08 bits per heavy atom. The van der Waals surface area contributed by atoms with Crippen LogP contribution in [0.5, 0.6) is 0 Å². The first kappa shape index (κ1) is 22.4. The van der Waals surface area contributed by atoms with E-state index in [-0.39, 0.29) is 23.2 Å². The number of nitrogens with zero attached hydrogens (tertiary/aromatic N) is 1. The minimum absolute atomic E-state index is 0.000642. The van der Waals surface area contributed by atoms with Gasteiger partial charge < -0.3 is 14.1 Å². The van der Waals surface area contributed by atoms with Gasteiger partial charge in [-0.25, -0.2) is 4.79 Å². The van der Waals surface area contributed by atoms with Crippen molar-refractivity contribution in [2.24, 2.45) is 0 Å². The Morgan fingerprint density at radius 2 is 1.65 bits per heavy atom. The molecule has 0 spiro atoms. The molecule has 1 rings (SSSR count). The van der Waals surface area contributed by atoms with Crippen LogP contribution < -0.4 is 5.19 Å². The van der Waals surface area contributed by atoms with E-state index in [1.807, 2.05) is 39.8 Å².